The predicted octanol–water partition coefficient (Wildman–Crippen LogP) is 3.48. The Kier molecular flexibility index (Phi) is 5.48. The number of halogens is 3. The normalized spacial score (nSPS) is 11.2. The molecule has 2 rings (SSSR count). The van der Waals surface area contributed by atoms with Crippen molar-refractivity contribution in [1.82, 2.24) is 9.97 Å². The van der Waals surface area contributed by atoms with Crippen LogP contribution in [0.25, 0.3) is 0 Å². The number of nitrogens with one attached hydrogen (secondary N) is 1. The van der Waals surface area contributed by atoms with Crippen LogP contribution in [-0.2, 0) is 12.6 Å². The summed E-state index contributed by atoms with van der Waals surface area (Å²) in [5, 5.41) is 2.82. The van der Waals surface area contributed by atoms with Crippen LogP contribution in [0.1, 0.15) is 17.0 Å². The highest BCUT2D eigenvalue weighted by atomic mass is 19.4. The van der Waals surface area contributed by atoms with Gasteiger partial charge in [-0.1, -0.05) is 6.07 Å². The molecule has 0 saturated heterocycles. The van der Waals surface area contributed by atoms with Gasteiger partial charge in [-0.25, -0.2) is 9.97 Å². The maximum atomic E-state index is 12.7. The highest BCUT2D eigenvalue weighted by Gasteiger charge is 2.33. The molecule has 2 aromatic rings. The molecule has 0 spiro atoms. The Balaban J connectivity index is 2.03. The topological polar surface area (TPSA) is 56.3 Å². The van der Waals surface area contributed by atoms with E-state index in [0.29, 0.717) is 24.5 Å². The SMILES string of the molecule is COc1ccc(CCNc2nc(C)cc(C(F)(F)F)n2)cc1OC. The van der Waals surface area contributed by atoms with Gasteiger partial charge < -0.3 is 14.8 Å². The van der Waals surface area contributed by atoms with Gasteiger partial charge in [-0.15, -0.1) is 0 Å². The van der Waals surface area contributed by atoms with Gasteiger partial charge in [-0.05, 0) is 37.1 Å². The largest absolute Gasteiger partial charge is 0.493 e. The van der Waals surface area contributed by atoms with E-state index >= 15 is 0 Å². The van der Waals surface area contributed by atoms with Gasteiger partial charge >= 0.3 is 6.18 Å². The number of benzene rings is 1. The van der Waals surface area contributed by atoms with Crippen molar-refractivity contribution in [2.45, 2.75) is 19.5 Å². The fraction of sp³-hybridized carbons (Fsp3) is 0.375. The molecule has 0 saturated carbocycles. The number of hydrogen-bond donors (Lipinski definition) is 1. The number of rotatable bonds is 6. The van der Waals surface area contributed by atoms with Crippen molar-refractivity contribution in [3.05, 3.63) is 41.2 Å². The van der Waals surface area contributed by atoms with Gasteiger partial charge in [0.05, 0.1) is 14.2 Å². The number of aromatic nitrogens is 2. The third-order valence-corrected chi connectivity index (χ3v) is 3.29. The molecule has 5 nitrogen and oxygen atoms in total. The van der Waals surface area contributed by atoms with Crippen molar-refractivity contribution < 1.29 is 22.6 Å². The van der Waals surface area contributed by atoms with Crippen molar-refractivity contribution in [2.24, 2.45) is 0 Å². The molecule has 1 heterocycles. The monoisotopic (exact) mass is 341 g/mol. The number of ether oxygens (including phenoxy) is 2. The Bertz CT molecular complexity index is 705. The van der Waals surface area contributed by atoms with Crippen molar-refractivity contribution in [2.75, 3.05) is 26.1 Å². The van der Waals surface area contributed by atoms with E-state index in [9.17, 15) is 13.2 Å². The van der Waals surface area contributed by atoms with Gasteiger partial charge in [-0.3, -0.25) is 0 Å². The second kappa shape index (κ2) is 7.37. The van der Waals surface area contributed by atoms with Crippen molar-refractivity contribution in [3.8, 4) is 11.5 Å². The molecule has 0 bridgehead atoms. The van der Waals surface area contributed by atoms with E-state index in [-0.39, 0.29) is 11.6 Å². The molecule has 0 aliphatic heterocycles. The molecule has 0 aliphatic carbocycles. The first-order valence-electron chi connectivity index (χ1n) is 7.21. The van der Waals surface area contributed by atoms with E-state index in [4.69, 9.17) is 9.47 Å². The van der Waals surface area contributed by atoms with Crippen LogP contribution in [0, 0.1) is 6.92 Å². The molecular weight excluding hydrogens is 323 g/mol. The summed E-state index contributed by atoms with van der Waals surface area (Å²) in [6, 6.07) is 6.37. The lowest BCUT2D eigenvalue weighted by atomic mass is 10.1. The minimum absolute atomic E-state index is 0.0391. The Labute approximate surface area is 137 Å². The highest BCUT2D eigenvalue weighted by molar-refractivity contribution is 5.43. The first-order valence-corrected chi connectivity index (χ1v) is 7.21. The first-order chi connectivity index (χ1) is 11.3. The number of nitrogens with zero attached hydrogens (tertiary/aromatic N) is 2. The maximum absolute atomic E-state index is 12.7. The maximum Gasteiger partial charge on any atom is 0.433 e. The zero-order chi connectivity index (χ0) is 17.7. The number of alkyl halides is 3. The lowest BCUT2D eigenvalue weighted by molar-refractivity contribution is -0.141. The molecule has 0 radical (unpaired) electrons. The van der Waals surface area contributed by atoms with Gasteiger partial charge in [0.15, 0.2) is 11.5 Å². The van der Waals surface area contributed by atoms with E-state index < -0.39 is 11.9 Å². The highest BCUT2D eigenvalue weighted by Crippen LogP contribution is 2.29. The molecule has 130 valence electrons. The quantitative estimate of drug-likeness (QED) is 0.872. The second-order valence-electron chi connectivity index (χ2n) is 5.08. The van der Waals surface area contributed by atoms with Gasteiger partial charge in [-0.2, -0.15) is 13.2 Å². The number of aryl methyl sites for hydroxylation is 1. The third kappa shape index (κ3) is 4.50. The molecule has 24 heavy (non-hydrogen) atoms. The fourth-order valence-electron chi connectivity index (χ4n) is 2.15. The third-order valence-electron chi connectivity index (χ3n) is 3.29. The zero-order valence-electron chi connectivity index (χ0n) is 13.6. The van der Waals surface area contributed by atoms with E-state index in [1.807, 2.05) is 12.1 Å². The zero-order valence-corrected chi connectivity index (χ0v) is 13.6. The molecular formula is C16H18F3N3O2. The van der Waals surface area contributed by atoms with Crippen LogP contribution >= 0.6 is 0 Å². The summed E-state index contributed by atoms with van der Waals surface area (Å²) < 4.78 is 48.6. The van der Waals surface area contributed by atoms with E-state index in [2.05, 4.69) is 15.3 Å². The summed E-state index contributed by atoms with van der Waals surface area (Å²) in [7, 11) is 3.09. The minimum Gasteiger partial charge on any atom is -0.493 e. The summed E-state index contributed by atoms with van der Waals surface area (Å²) >= 11 is 0. The standard InChI is InChI=1S/C16H18F3N3O2/c1-10-8-14(16(17,18)19)22-15(21-10)20-7-6-11-4-5-12(23-2)13(9-11)24-3/h4-5,8-9H,6-7H2,1-3H3,(H,20,21,22). The Morgan fingerprint density at radius 3 is 2.38 bits per heavy atom. The van der Waals surface area contributed by atoms with Gasteiger partial charge in [0.25, 0.3) is 0 Å². The molecule has 0 unspecified atom stereocenters. The molecule has 1 aromatic heterocycles. The van der Waals surface area contributed by atoms with E-state index in [0.717, 1.165) is 11.6 Å². The van der Waals surface area contributed by atoms with Gasteiger partial charge in [0.2, 0.25) is 5.95 Å². The van der Waals surface area contributed by atoms with Crippen molar-refractivity contribution >= 4 is 5.95 Å². The minimum atomic E-state index is -4.49. The average Bonchev–Trinajstić information content (AvgIpc) is 2.53. The molecule has 0 aliphatic rings. The Hall–Kier alpha value is -2.51. The summed E-state index contributed by atoms with van der Waals surface area (Å²) in [5.74, 6) is 1.18. The van der Waals surface area contributed by atoms with Crippen LogP contribution < -0.4 is 14.8 Å². The lowest BCUT2D eigenvalue weighted by Crippen LogP contribution is -2.14. The molecule has 0 fully saturated rings. The summed E-state index contributed by atoms with van der Waals surface area (Å²) in [6.07, 6.45) is -3.92. The van der Waals surface area contributed by atoms with E-state index in [1.165, 1.54) is 6.92 Å². The molecule has 1 aromatic carbocycles. The van der Waals surface area contributed by atoms with Crippen LogP contribution in [0.4, 0.5) is 19.1 Å². The predicted molar refractivity (Wildman–Crippen MR) is 83.5 cm³/mol. The summed E-state index contributed by atoms with van der Waals surface area (Å²) in [5.41, 5.74) is 0.249. The Morgan fingerprint density at radius 1 is 1.04 bits per heavy atom. The van der Waals surface area contributed by atoms with Crippen LogP contribution in [-0.4, -0.2) is 30.7 Å². The molecule has 1 N–H and O–H groups in total. The molecule has 0 amide bonds. The van der Waals surface area contributed by atoms with E-state index in [1.54, 1.807) is 20.3 Å². The van der Waals surface area contributed by atoms with Crippen LogP contribution in [0.15, 0.2) is 24.3 Å². The lowest BCUT2D eigenvalue weighted by Gasteiger charge is -2.11. The Morgan fingerprint density at radius 2 is 1.75 bits per heavy atom. The van der Waals surface area contributed by atoms with Crippen LogP contribution in [0.2, 0.25) is 0 Å². The average molecular weight is 341 g/mol. The summed E-state index contributed by atoms with van der Waals surface area (Å²) in [6.45, 7) is 1.88. The molecule has 0 atom stereocenters. The van der Waals surface area contributed by atoms with Crippen molar-refractivity contribution in [1.29, 1.82) is 0 Å². The number of methoxy groups -OCH3 is 2. The summed E-state index contributed by atoms with van der Waals surface area (Å²) in [4.78, 5) is 7.48. The first kappa shape index (κ1) is 17.8. The number of hydrogen-bond acceptors (Lipinski definition) is 5. The number of anilines is 1. The fourth-order valence-corrected chi connectivity index (χ4v) is 2.15. The smallest absolute Gasteiger partial charge is 0.433 e. The van der Waals surface area contributed by atoms with Crippen LogP contribution in [0.3, 0.4) is 0 Å². The van der Waals surface area contributed by atoms with Gasteiger partial charge in [0, 0.05) is 12.2 Å². The van der Waals surface area contributed by atoms with Crippen molar-refractivity contribution in [3.63, 3.8) is 0 Å². The molecule has 8 heteroatoms. The van der Waals surface area contributed by atoms with Gasteiger partial charge in [0.1, 0.15) is 5.69 Å². The van der Waals surface area contributed by atoms with Crippen LogP contribution in [0.5, 0.6) is 11.5 Å². The second-order valence-corrected chi connectivity index (χ2v) is 5.08.